The Morgan fingerprint density at radius 2 is 1.69 bits per heavy atom. The van der Waals surface area contributed by atoms with E-state index in [-0.39, 0.29) is 0 Å². The topological polar surface area (TPSA) is 25.8 Å². The minimum Gasteiger partial charge on any atom is -0.238 e. The van der Waals surface area contributed by atoms with Crippen LogP contribution in [0.1, 0.15) is 24.0 Å². The van der Waals surface area contributed by atoms with Gasteiger partial charge in [-0.3, -0.25) is 0 Å². The van der Waals surface area contributed by atoms with E-state index in [1.807, 2.05) is 6.92 Å². The number of aromatic nitrogens is 2. The summed E-state index contributed by atoms with van der Waals surface area (Å²) in [6.45, 7) is 6.14. The maximum absolute atomic E-state index is 4.47. The molecule has 0 aliphatic carbocycles. The fourth-order valence-corrected chi connectivity index (χ4v) is 1.68. The van der Waals surface area contributed by atoms with Gasteiger partial charge in [-0.1, -0.05) is 36.8 Å². The van der Waals surface area contributed by atoms with Gasteiger partial charge in [0.1, 0.15) is 5.82 Å². The van der Waals surface area contributed by atoms with Crippen LogP contribution >= 0.6 is 0 Å². The van der Waals surface area contributed by atoms with Crippen molar-refractivity contribution in [2.75, 3.05) is 0 Å². The van der Waals surface area contributed by atoms with Gasteiger partial charge in [0.15, 0.2) is 0 Å². The fourth-order valence-electron chi connectivity index (χ4n) is 1.68. The summed E-state index contributed by atoms with van der Waals surface area (Å²) in [5.41, 5.74) is 4.54. The predicted molar refractivity (Wildman–Crippen MR) is 66.3 cm³/mol. The van der Waals surface area contributed by atoms with Crippen molar-refractivity contribution in [1.82, 2.24) is 9.97 Å². The van der Waals surface area contributed by atoms with Crippen molar-refractivity contribution in [2.45, 2.75) is 27.2 Å². The number of benzene rings is 1. The zero-order chi connectivity index (χ0) is 11.5. The molecule has 0 amide bonds. The van der Waals surface area contributed by atoms with Crippen LogP contribution in [0.3, 0.4) is 0 Å². The molecule has 2 aromatic rings. The lowest BCUT2D eigenvalue weighted by molar-refractivity contribution is 0.953. The highest BCUT2D eigenvalue weighted by Crippen LogP contribution is 2.18. The quantitative estimate of drug-likeness (QED) is 0.763. The van der Waals surface area contributed by atoms with Crippen LogP contribution in [0.25, 0.3) is 11.3 Å². The maximum atomic E-state index is 4.47. The van der Waals surface area contributed by atoms with E-state index in [0.29, 0.717) is 0 Å². The average molecular weight is 212 g/mol. The molecule has 1 aromatic heterocycles. The Morgan fingerprint density at radius 3 is 2.31 bits per heavy atom. The Hall–Kier alpha value is -1.70. The number of hydrogen-bond donors (Lipinski definition) is 0. The molecule has 1 heterocycles. The van der Waals surface area contributed by atoms with Crippen LogP contribution in [0.15, 0.2) is 30.3 Å². The Bertz CT molecular complexity index is 487. The second kappa shape index (κ2) is 4.44. The Labute approximate surface area is 96.4 Å². The smallest absolute Gasteiger partial charge is 0.126 e. The standard InChI is InChI=1S/C14H16N2/c1-4-13-9-14(16-11(3)15-13)12-7-5-10(2)6-8-12/h5-9H,4H2,1-3H3. The summed E-state index contributed by atoms with van der Waals surface area (Å²) in [6, 6.07) is 10.5. The van der Waals surface area contributed by atoms with Crippen molar-refractivity contribution in [2.24, 2.45) is 0 Å². The summed E-state index contributed by atoms with van der Waals surface area (Å²) in [4.78, 5) is 8.85. The van der Waals surface area contributed by atoms with E-state index in [1.165, 1.54) is 5.56 Å². The second-order valence-corrected chi connectivity index (χ2v) is 4.01. The van der Waals surface area contributed by atoms with Crippen molar-refractivity contribution >= 4 is 0 Å². The van der Waals surface area contributed by atoms with E-state index in [2.05, 4.69) is 54.1 Å². The van der Waals surface area contributed by atoms with Gasteiger partial charge >= 0.3 is 0 Å². The van der Waals surface area contributed by atoms with Crippen LogP contribution in [-0.4, -0.2) is 9.97 Å². The minimum absolute atomic E-state index is 0.843. The molecule has 0 radical (unpaired) electrons. The normalized spacial score (nSPS) is 10.4. The molecule has 0 saturated carbocycles. The van der Waals surface area contributed by atoms with Gasteiger partial charge in [0.05, 0.1) is 5.69 Å². The fraction of sp³-hybridized carbons (Fsp3) is 0.286. The first-order valence-corrected chi connectivity index (χ1v) is 5.60. The zero-order valence-electron chi connectivity index (χ0n) is 9.99. The Morgan fingerprint density at radius 1 is 1.00 bits per heavy atom. The van der Waals surface area contributed by atoms with Gasteiger partial charge in [0.25, 0.3) is 0 Å². The van der Waals surface area contributed by atoms with Crippen LogP contribution in [0.5, 0.6) is 0 Å². The number of nitrogens with zero attached hydrogens (tertiary/aromatic N) is 2. The Balaban J connectivity index is 2.47. The van der Waals surface area contributed by atoms with Crippen molar-refractivity contribution in [3.63, 3.8) is 0 Å². The predicted octanol–water partition coefficient (Wildman–Crippen LogP) is 3.32. The van der Waals surface area contributed by atoms with Crippen molar-refractivity contribution in [3.05, 3.63) is 47.4 Å². The molecule has 0 fully saturated rings. The number of hydrogen-bond acceptors (Lipinski definition) is 2. The van der Waals surface area contributed by atoms with Gasteiger partial charge in [0.2, 0.25) is 0 Å². The molecule has 82 valence electrons. The molecule has 0 aliphatic heterocycles. The molecule has 1 aromatic carbocycles. The van der Waals surface area contributed by atoms with E-state index >= 15 is 0 Å². The van der Waals surface area contributed by atoms with Gasteiger partial charge < -0.3 is 0 Å². The molecule has 0 unspecified atom stereocenters. The second-order valence-electron chi connectivity index (χ2n) is 4.01. The number of rotatable bonds is 2. The zero-order valence-corrected chi connectivity index (χ0v) is 9.99. The molecule has 0 aliphatic rings. The van der Waals surface area contributed by atoms with Gasteiger partial charge in [-0.25, -0.2) is 9.97 Å². The van der Waals surface area contributed by atoms with Crippen LogP contribution in [0.2, 0.25) is 0 Å². The third-order valence-electron chi connectivity index (χ3n) is 2.60. The van der Waals surface area contributed by atoms with Crippen molar-refractivity contribution in [1.29, 1.82) is 0 Å². The summed E-state index contributed by atoms with van der Waals surface area (Å²) in [6.07, 6.45) is 0.947. The third-order valence-corrected chi connectivity index (χ3v) is 2.60. The van der Waals surface area contributed by atoms with Gasteiger partial charge in [-0.15, -0.1) is 0 Å². The van der Waals surface area contributed by atoms with Crippen LogP contribution in [-0.2, 0) is 6.42 Å². The highest BCUT2D eigenvalue weighted by molar-refractivity contribution is 5.59. The SMILES string of the molecule is CCc1cc(-c2ccc(C)cc2)nc(C)n1. The molecule has 0 atom stereocenters. The molecular weight excluding hydrogens is 196 g/mol. The molecule has 2 heteroatoms. The van der Waals surface area contributed by atoms with E-state index in [9.17, 15) is 0 Å². The van der Waals surface area contributed by atoms with Crippen LogP contribution in [0.4, 0.5) is 0 Å². The highest BCUT2D eigenvalue weighted by Gasteiger charge is 2.02. The van der Waals surface area contributed by atoms with Crippen molar-refractivity contribution < 1.29 is 0 Å². The average Bonchev–Trinajstić information content (AvgIpc) is 2.29. The van der Waals surface area contributed by atoms with Crippen LogP contribution in [0, 0.1) is 13.8 Å². The molecule has 0 saturated heterocycles. The largest absolute Gasteiger partial charge is 0.238 e. The molecule has 0 bridgehead atoms. The lowest BCUT2D eigenvalue weighted by atomic mass is 10.1. The van der Waals surface area contributed by atoms with E-state index in [4.69, 9.17) is 0 Å². The molecule has 16 heavy (non-hydrogen) atoms. The Kier molecular flexibility index (Phi) is 3.00. The summed E-state index contributed by atoms with van der Waals surface area (Å²) >= 11 is 0. The summed E-state index contributed by atoms with van der Waals surface area (Å²) in [7, 11) is 0. The molecule has 0 N–H and O–H groups in total. The molecule has 2 rings (SSSR count). The van der Waals surface area contributed by atoms with Gasteiger partial charge in [0, 0.05) is 11.3 Å². The lowest BCUT2D eigenvalue weighted by Gasteiger charge is -2.05. The molecule has 2 nitrogen and oxygen atoms in total. The first-order chi connectivity index (χ1) is 7.69. The highest BCUT2D eigenvalue weighted by atomic mass is 14.9. The first-order valence-electron chi connectivity index (χ1n) is 5.60. The maximum Gasteiger partial charge on any atom is 0.126 e. The van der Waals surface area contributed by atoms with Gasteiger partial charge in [-0.2, -0.15) is 0 Å². The van der Waals surface area contributed by atoms with Gasteiger partial charge in [-0.05, 0) is 26.3 Å². The lowest BCUT2D eigenvalue weighted by Crippen LogP contribution is -1.96. The number of aryl methyl sites for hydroxylation is 3. The monoisotopic (exact) mass is 212 g/mol. The summed E-state index contributed by atoms with van der Waals surface area (Å²) in [5.74, 6) is 0.843. The molecular formula is C14H16N2. The third kappa shape index (κ3) is 2.27. The van der Waals surface area contributed by atoms with E-state index < -0.39 is 0 Å². The molecule has 0 spiro atoms. The van der Waals surface area contributed by atoms with E-state index in [0.717, 1.165) is 29.2 Å². The van der Waals surface area contributed by atoms with Crippen molar-refractivity contribution in [3.8, 4) is 11.3 Å². The van der Waals surface area contributed by atoms with E-state index in [1.54, 1.807) is 0 Å². The summed E-state index contributed by atoms with van der Waals surface area (Å²) < 4.78 is 0. The minimum atomic E-state index is 0.843. The van der Waals surface area contributed by atoms with Crippen LogP contribution < -0.4 is 0 Å². The summed E-state index contributed by atoms with van der Waals surface area (Å²) in [5, 5.41) is 0. The first kappa shape index (κ1) is 10.8.